The third-order valence-electron chi connectivity index (χ3n) is 7.71. The van der Waals surface area contributed by atoms with Gasteiger partial charge >= 0.3 is 13.7 Å². The predicted octanol–water partition coefficient (Wildman–Crippen LogP) is 3.44. The molecule has 0 aliphatic carbocycles. The number of ether oxygens (including phenoxy) is 1. The molecule has 41 heavy (non-hydrogen) atoms. The molecule has 3 unspecified atom stereocenters. The quantitative estimate of drug-likeness (QED) is 0.255. The fourth-order valence-electron chi connectivity index (χ4n) is 5.16. The molecule has 1 aromatic carbocycles. The van der Waals surface area contributed by atoms with Crippen LogP contribution in [0.5, 0.6) is 0 Å². The van der Waals surface area contributed by atoms with E-state index in [9.17, 15) is 18.9 Å². The Morgan fingerprint density at radius 2 is 1.73 bits per heavy atom. The minimum Gasteiger partial charge on any atom is -0.461 e. The smallest absolute Gasteiger partial charge is 0.406 e. The second-order valence-corrected chi connectivity index (χ2v) is 13.2. The van der Waals surface area contributed by atoms with Gasteiger partial charge in [0, 0.05) is 39.8 Å². The highest BCUT2D eigenvalue weighted by atomic mass is 31.2. The molecule has 2 saturated heterocycles. The van der Waals surface area contributed by atoms with Crippen molar-refractivity contribution >= 4 is 25.5 Å². The van der Waals surface area contributed by atoms with Crippen molar-refractivity contribution in [2.45, 2.75) is 78.1 Å². The lowest BCUT2D eigenvalue weighted by Gasteiger charge is -2.47. The number of carbonyl (C=O) groups excluding carboxylic acids is 3. The largest absolute Gasteiger partial charge is 0.461 e. The minimum atomic E-state index is -4.05. The zero-order chi connectivity index (χ0) is 30.2. The van der Waals surface area contributed by atoms with Crippen molar-refractivity contribution in [2.24, 2.45) is 5.92 Å². The SMILES string of the molecule is CCC(CC)OC(=O)C(C)NP(=O)(OCC(=O)N1CCN(Cc2ccccc2)C2(CCN(C)C2=O)C1)OCC(C)C. The molecule has 1 spiro atoms. The van der Waals surface area contributed by atoms with E-state index in [1.165, 1.54) is 6.92 Å². The maximum atomic E-state index is 13.6. The highest BCUT2D eigenvalue weighted by molar-refractivity contribution is 7.51. The number of rotatable bonds is 14. The second-order valence-electron chi connectivity index (χ2n) is 11.4. The van der Waals surface area contributed by atoms with Crippen LogP contribution in [-0.2, 0) is 39.3 Å². The molecule has 2 heterocycles. The third kappa shape index (κ3) is 8.61. The number of nitrogens with zero attached hydrogens (tertiary/aromatic N) is 3. The molecular formula is C29H47N4O7P. The van der Waals surface area contributed by atoms with Crippen molar-refractivity contribution in [3.05, 3.63) is 35.9 Å². The Balaban J connectivity index is 1.69. The molecule has 2 amide bonds. The average Bonchev–Trinajstić information content (AvgIpc) is 3.24. The van der Waals surface area contributed by atoms with Crippen LogP contribution < -0.4 is 5.09 Å². The van der Waals surface area contributed by atoms with E-state index in [-0.39, 0.29) is 31.1 Å². The number of nitrogens with one attached hydrogen (secondary N) is 1. The van der Waals surface area contributed by atoms with Crippen molar-refractivity contribution in [1.82, 2.24) is 19.8 Å². The van der Waals surface area contributed by atoms with Gasteiger partial charge in [-0.1, -0.05) is 58.0 Å². The van der Waals surface area contributed by atoms with Crippen LogP contribution >= 0.6 is 7.75 Å². The van der Waals surface area contributed by atoms with Crippen molar-refractivity contribution in [1.29, 1.82) is 0 Å². The Hall–Kier alpha value is -2.30. The van der Waals surface area contributed by atoms with Crippen LogP contribution in [0.2, 0.25) is 0 Å². The number of benzene rings is 1. The fraction of sp³-hybridized carbons (Fsp3) is 0.690. The number of likely N-dealkylation sites (N-methyl/N-ethyl adjacent to an activating group) is 1. The zero-order valence-corrected chi connectivity index (χ0v) is 26.2. The molecule has 0 bridgehead atoms. The highest BCUT2D eigenvalue weighted by Gasteiger charge is 2.53. The van der Waals surface area contributed by atoms with Crippen LogP contribution in [0.15, 0.2) is 30.3 Å². The highest BCUT2D eigenvalue weighted by Crippen LogP contribution is 2.45. The normalized spacial score (nSPS) is 22.0. The number of carbonyl (C=O) groups is 3. The molecule has 1 aromatic rings. The van der Waals surface area contributed by atoms with E-state index in [2.05, 4.69) is 9.99 Å². The van der Waals surface area contributed by atoms with Crippen LogP contribution in [0.4, 0.5) is 0 Å². The third-order valence-corrected chi connectivity index (χ3v) is 9.37. The maximum Gasteiger partial charge on any atom is 0.406 e. The number of esters is 1. The lowest BCUT2D eigenvalue weighted by molar-refractivity contribution is -0.151. The molecule has 230 valence electrons. The van der Waals surface area contributed by atoms with Gasteiger partial charge in [0.1, 0.15) is 24.3 Å². The van der Waals surface area contributed by atoms with Gasteiger partial charge in [-0.25, -0.2) is 9.65 Å². The van der Waals surface area contributed by atoms with E-state index >= 15 is 0 Å². The molecule has 0 radical (unpaired) electrons. The Kier molecular flexibility index (Phi) is 11.9. The van der Waals surface area contributed by atoms with E-state index in [1.807, 2.05) is 58.0 Å². The first-order chi connectivity index (χ1) is 19.4. The van der Waals surface area contributed by atoms with E-state index < -0.39 is 37.8 Å². The Labute approximate surface area is 244 Å². The summed E-state index contributed by atoms with van der Waals surface area (Å²) >= 11 is 0. The summed E-state index contributed by atoms with van der Waals surface area (Å²) in [5, 5.41) is 2.65. The molecule has 3 rings (SSSR count). The Bertz CT molecular complexity index is 1080. The van der Waals surface area contributed by atoms with Crippen molar-refractivity contribution < 1.29 is 32.7 Å². The van der Waals surface area contributed by atoms with Gasteiger partial charge < -0.3 is 14.5 Å². The van der Waals surface area contributed by atoms with Crippen LogP contribution in [-0.4, -0.2) is 96.6 Å². The van der Waals surface area contributed by atoms with Crippen molar-refractivity contribution in [3.8, 4) is 0 Å². The predicted molar refractivity (Wildman–Crippen MR) is 156 cm³/mol. The van der Waals surface area contributed by atoms with Crippen molar-refractivity contribution in [2.75, 3.05) is 46.4 Å². The first-order valence-corrected chi connectivity index (χ1v) is 16.2. The number of amides is 2. The van der Waals surface area contributed by atoms with E-state index in [4.69, 9.17) is 13.8 Å². The Morgan fingerprint density at radius 1 is 1.05 bits per heavy atom. The average molecular weight is 595 g/mol. The van der Waals surface area contributed by atoms with Gasteiger partial charge in [0.25, 0.3) is 0 Å². The standard InChI is InChI=1S/C29H47N4O7P/c1-7-25(8-2)40-27(35)23(5)30-41(37,38-19-22(3)4)39-20-26(34)32-16-17-33(18-24-12-10-9-11-13-24)29(21-32)14-15-31(6)28(29)36/h9-13,22-23,25H,7-8,14-21H2,1-6H3,(H,30,37). The zero-order valence-electron chi connectivity index (χ0n) is 25.3. The van der Waals surface area contributed by atoms with Crippen LogP contribution in [0.3, 0.4) is 0 Å². The lowest BCUT2D eigenvalue weighted by Crippen LogP contribution is -2.66. The molecule has 0 aromatic heterocycles. The van der Waals surface area contributed by atoms with Gasteiger partial charge in [-0.2, -0.15) is 0 Å². The summed E-state index contributed by atoms with van der Waals surface area (Å²) in [7, 11) is -2.26. The second kappa shape index (κ2) is 14.7. The molecule has 11 nitrogen and oxygen atoms in total. The Morgan fingerprint density at radius 3 is 2.32 bits per heavy atom. The summed E-state index contributed by atoms with van der Waals surface area (Å²) in [4.78, 5) is 44.9. The maximum absolute atomic E-state index is 13.6. The monoisotopic (exact) mass is 594 g/mol. The van der Waals surface area contributed by atoms with E-state index in [1.54, 1.807) is 16.8 Å². The number of piperazine rings is 1. The molecule has 0 saturated carbocycles. The number of hydrogen-bond acceptors (Lipinski definition) is 8. The van der Waals surface area contributed by atoms with E-state index in [0.717, 1.165) is 5.56 Å². The first kappa shape index (κ1) is 33.2. The van der Waals surface area contributed by atoms with E-state index in [0.29, 0.717) is 45.4 Å². The molecule has 2 aliphatic heterocycles. The number of hydrogen-bond donors (Lipinski definition) is 1. The minimum absolute atomic E-state index is 0.00995. The molecule has 1 N–H and O–H groups in total. The van der Waals surface area contributed by atoms with Crippen LogP contribution in [0.1, 0.15) is 59.4 Å². The molecular weight excluding hydrogens is 547 g/mol. The lowest BCUT2D eigenvalue weighted by atomic mass is 9.91. The summed E-state index contributed by atoms with van der Waals surface area (Å²) in [5.41, 5.74) is 0.269. The number of likely N-dealkylation sites (tertiary alicyclic amines) is 1. The van der Waals surface area contributed by atoms with Crippen molar-refractivity contribution in [3.63, 3.8) is 0 Å². The van der Waals surface area contributed by atoms with Gasteiger partial charge in [-0.3, -0.25) is 28.3 Å². The fourth-order valence-corrected chi connectivity index (χ4v) is 6.73. The van der Waals surface area contributed by atoms with Crippen LogP contribution in [0, 0.1) is 5.92 Å². The van der Waals surface area contributed by atoms with Gasteiger partial charge in [-0.05, 0) is 37.7 Å². The van der Waals surface area contributed by atoms with Gasteiger partial charge in [0.15, 0.2) is 0 Å². The molecule has 2 aliphatic rings. The summed E-state index contributed by atoms with van der Waals surface area (Å²) in [5.74, 6) is -0.931. The van der Waals surface area contributed by atoms with Gasteiger partial charge in [-0.15, -0.1) is 0 Å². The van der Waals surface area contributed by atoms with Gasteiger partial charge in [0.05, 0.1) is 6.61 Å². The molecule has 3 atom stereocenters. The summed E-state index contributed by atoms with van der Waals surface area (Å²) < 4.78 is 30.3. The first-order valence-electron chi connectivity index (χ1n) is 14.6. The van der Waals surface area contributed by atoms with Gasteiger partial charge in [0.2, 0.25) is 11.8 Å². The summed E-state index contributed by atoms with van der Waals surface area (Å²) in [6.45, 7) is 11.1. The topological polar surface area (TPSA) is 118 Å². The summed E-state index contributed by atoms with van der Waals surface area (Å²) in [6.07, 6.45) is 1.70. The molecule has 12 heteroatoms. The summed E-state index contributed by atoms with van der Waals surface area (Å²) in [6, 6.07) is 9.00. The van der Waals surface area contributed by atoms with Crippen LogP contribution in [0.25, 0.3) is 0 Å². The molecule has 2 fully saturated rings.